The van der Waals surface area contributed by atoms with E-state index < -0.39 is 6.04 Å². The molecular formula is C10H13ClN2O. The third-order valence-electron chi connectivity index (χ3n) is 1.86. The van der Waals surface area contributed by atoms with Gasteiger partial charge in [-0.2, -0.15) is 0 Å². The number of hydrogen-bond acceptors (Lipinski definition) is 2. The monoisotopic (exact) mass is 212 g/mol. The second-order valence-electron chi connectivity index (χ2n) is 3.24. The van der Waals surface area contributed by atoms with Crippen molar-refractivity contribution in [1.29, 1.82) is 0 Å². The number of carbonyl (C=O) groups excluding carboxylic acids is 1. The molecule has 1 rings (SSSR count). The first-order valence-electron chi connectivity index (χ1n) is 4.33. The summed E-state index contributed by atoms with van der Waals surface area (Å²) in [7, 11) is 0. The van der Waals surface area contributed by atoms with Crippen LogP contribution >= 0.6 is 11.6 Å². The molecule has 4 heteroatoms. The molecule has 0 aliphatic heterocycles. The van der Waals surface area contributed by atoms with Crippen molar-refractivity contribution in [3.05, 3.63) is 28.8 Å². The van der Waals surface area contributed by atoms with E-state index in [1.54, 1.807) is 25.1 Å². The van der Waals surface area contributed by atoms with Gasteiger partial charge in [-0.05, 0) is 37.6 Å². The van der Waals surface area contributed by atoms with Crippen molar-refractivity contribution in [2.24, 2.45) is 5.73 Å². The molecule has 1 aromatic rings. The molecule has 0 fully saturated rings. The molecule has 0 aromatic heterocycles. The zero-order valence-electron chi connectivity index (χ0n) is 8.17. The molecule has 14 heavy (non-hydrogen) atoms. The third kappa shape index (κ3) is 2.72. The number of amides is 1. The van der Waals surface area contributed by atoms with E-state index in [0.29, 0.717) is 5.02 Å². The van der Waals surface area contributed by atoms with Crippen LogP contribution in [-0.4, -0.2) is 11.9 Å². The van der Waals surface area contributed by atoms with Crippen LogP contribution in [0.5, 0.6) is 0 Å². The molecule has 1 atom stereocenters. The molecule has 0 saturated carbocycles. The minimum absolute atomic E-state index is 0.199. The molecule has 3 nitrogen and oxygen atoms in total. The number of rotatable bonds is 2. The Morgan fingerprint density at radius 3 is 2.71 bits per heavy atom. The molecule has 1 aromatic carbocycles. The first-order valence-corrected chi connectivity index (χ1v) is 4.71. The lowest BCUT2D eigenvalue weighted by Crippen LogP contribution is -2.32. The highest BCUT2D eigenvalue weighted by Gasteiger charge is 2.08. The van der Waals surface area contributed by atoms with E-state index in [1.165, 1.54) is 0 Å². The summed E-state index contributed by atoms with van der Waals surface area (Å²) in [5.41, 5.74) is 7.10. The summed E-state index contributed by atoms with van der Waals surface area (Å²) in [6, 6.07) is 4.77. The van der Waals surface area contributed by atoms with Gasteiger partial charge in [0, 0.05) is 10.7 Å². The van der Waals surface area contributed by atoms with Crippen LogP contribution in [0.3, 0.4) is 0 Å². The SMILES string of the molecule is Cc1cc(Cl)ccc1NC(=O)[C@@H](C)N. The molecule has 0 bridgehead atoms. The fraction of sp³-hybridized carbons (Fsp3) is 0.300. The summed E-state index contributed by atoms with van der Waals surface area (Å²) < 4.78 is 0. The smallest absolute Gasteiger partial charge is 0.241 e. The van der Waals surface area contributed by atoms with E-state index >= 15 is 0 Å². The van der Waals surface area contributed by atoms with Crippen LogP contribution in [-0.2, 0) is 4.79 Å². The third-order valence-corrected chi connectivity index (χ3v) is 2.09. The highest BCUT2D eigenvalue weighted by atomic mass is 35.5. The van der Waals surface area contributed by atoms with Crippen LogP contribution in [0.4, 0.5) is 5.69 Å². The van der Waals surface area contributed by atoms with Crippen LogP contribution in [0, 0.1) is 6.92 Å². The second kappa shape index (κ2) is 4.44. The number of nitrogens with one attached hydrogen (secondary N) is 1. The van der Waals surface area contributed by atoms with Crippen molar-refractivity contribution < 1.29 is 4.79 Å². The van der Waals surface area contributed by atoms with Gasteiger partial charge in [0.05, 0.1) is 6.04 Å². The summed E-state index contributed by atoms with van der Waals surface area (Å²) in [4.78, 5) is 11.3. The highest BCUT2D eigenvalue weighted by Crippen LogP contribution is 2.19. The average molecular weight is 213 g/mol. The largest absolute Gasteiger partial charge is 0.325 e. The topological polar surface area (TPSA) is 55.1 Å². The summed E-state index contributed by atoms with van der Waals surface area (Å²) in [6.07, 6.45) is 0. The molecule has 0 heterocycles. The molecule has 0 saturated heterocycles. The molecule has 0 aliphatic rings. The average Bonchev–Trinajstić information content (AvgIpc) is 2.09. The van der Waals surface area contributed by atoms with Crippen LogP contribution in [0.2, 0.25) is 5.02 Å². The van der Waals surface area contributed by atoms with E-state index in [1.807, 2.05) is 6.92 Å². The van der Waals surface area contributed by atoms with E-state index in [9.17, 15) is 4.79 Å². The van der Waals surface area contributed by atoms with Gasteiger partial charge < -0.3 is 11.1 Å². The minimum Gasteiger partial charge on any atom is -0.325 e. The quantitative estimate of drug-likeness (QED) is 0.787. The van der Waals surface area contributed by atoms with Crippen molar-refractivity contribution >= 4 is 23.2 Å². The Kier molecular flexibility index (Phi) is 3.49. The number of hydrogen-bond donors (Lipinski definition) is 2. The van der Waals surface area contributed by atoms with Gasteiger partial charge >= 0.3 is 0 Å². The molecule has 0 unspecified atom stereocenters. The van der Waals surface area contributed by atoms with Gasteiger partial charge in [-0.15, -0.1) is 0 Å². The first-order chi connectivity index (χ1) is 6.50. The fourth-order valence-electron chi connectivity index (χ4n) is 1.01. The van der Waals surface area contributed by atoms with E-state index in [0.717, 1.165) is 11.3 Å². The molecule has 3 N–H and O–H groups in total. The molecular weight excluding hydrogens is 200 g/mol. The Morgan fingerprint density at radius 2 is 2.21 bits per heavy atom. The molecule has 76 valence electrons. The lowest BCUT2D eigenvalue weighted by Gasteiger charge is -2.10. The van der Waals surface area contributed by atoms with Gasteiger partial charge in [-0.1, -0.05) is 11.6 Å². The van der Waals surface area contributed by atoms with Gasteiger partial charge in [-0.3, -0.25) is 4.79 Å². The summed E-state index contributed by atoms with van der Waals surface area (Å²) in [5, 5.41) is 3.37. The maximum atomic E-state index is 11.3. The minimum atomic E-state index is -0.509. The van der Waals surface area contributed by atoms with Crippen molar-refractivity contribution in [3.8, 4) is 0 Å². The standard InChI is InChI=1S/C10H13ClN2O/c1-6-5-8(11)3-4-9(6)13-10(14)7(2)12/h3-5,7H,12H2,1-2H3,(H,13,14)/t7-/m1/s1. The maximum absolute atomic E-state index is 11.3. The fourth-order valence-corrected chi connectivity index (χ4v) is 1.24. The molecule has 0 aliphatic carbocycles. The number of benzene rings is 1. The zero-order chi connectivity index (χ0) is 10.7. The van der Waals surface area contributed by atoms with Crippen molar-refractivity contribution in [1.82, 2.24) is 0 Å². The number of aryl methyl sites for hydroxylation is 1. The van der Waals surface area contributed by atoms with Gasteiger partial charge in [0.2, 0.25) is 5.91 Å². The first kappa shape index (κ1) is 11.0. The van der Waals surface area contributed by atoms with Gasteiger partial charge in [-0.25, -0.2) is 0 Å². The molecule has 0 spiro atoms. The van der Waals surface area contributed by atoms with E-state index in [4.69, 9.17) is 17.3 Å². The van der Waals surface area contributed by atoms with Crippen LogP contribution in [0.25, 0.3) is 0 Å². The Morgan fingerprint density at radius 1 is 1.57 bits per heavy atom. The summed E-state index contributed by atoms with van der Waals surface area (Å²) in [6.45, 7) is 3.52. The zero-order valence-corrected chi connectivity index (χ0v) is 8.93. The van der Waals surface area contributed by atoms with E-state index in [-0.39, 0.29) is 5.91 Å². The summed E-state index contributed by atoms with van der Waals surface area (Å²) >= 11 is 5.78. The van der Waals surface area contributed by atoms with Gasteiger partial charge in [0.1, 0.15) is 0 Å². The maximum Gasteiger partial charge on any atom is 0.241 e. The summed E-state index contributed by atoms with van der Waals surface area (Å²) in [5.74, 6) is -0.199. The van der Waals surface area contributed by atoms with Crippen molar-refractivity contribution in [3.63, 3.8) is 0 Å². The molecule has 0 radical (unpaired) electrons. The van der Waals surface area contributed by atoms with Crippen molar-refractivity contribution in [2.45, 2.75) is 19.9 Å². The highest BCUT2D eigenvalue weighted by molar-refractivity contribution is 6.30. The number of halogens is 1. The Balaban J connectivity index is 2.82. The van der Waals surface area contributed by atoms with Gasteiger partial charge in [0.15, 0.2) is 0 Å². The number of carbonyl (C=O) groups is 1. The lowest BCUT2D eigenvalue weighted by atomic mass is 10.2. The van der Waals surface area contributed by atoms with Crippen LogP contribution in [0.15, 0.2) is 18.2 Å². The van der Waals surface area contributed by atoms with E-state index in [2.05, 4.69) is 5.32 Å². The number of nitrogens with two attached hydrogens (primary N) is 1. The van der Waals surface area contributed by atoms with Gasteiger partial charge in [0.25, 0.3) is 0 Å². The predicted octanol–water partition coefficient (Wildman–Crippen LogP) is 1.93. The second-order valence-corrected chi connectivity index (χ2v) is 3.67. The molecule has 1 amide bonds. The predicted molar refractivity (Wildman–Crippen MR) is 58.5 cm³/mol. The van der Waals surface area contributed by atoms with Crippen molar-refractivity contribution in [2.75, 3.05) is 5.32 Å². The Labute approximate surface area is 88.2 Å². The normalized spacial score (nSPS) is 12.3. The number of anilines is 1. The lowest BCUT2D eigenvalue weighted by molar-refractivity contribution is -0.117. The van der Waals surface area contributed by atoms with Crippen LogP contribution in [0.1, 0.15) is 12.5 Å². The Hall–Kier alpha value is -1.06. The Bertz CT molecular complexity index is 350. The van der Waals surface area contributed by atoms with Crippen LogP contribution < -0.4 is 11.1 Å².